The van der Waals surface area contributed by atoms with E-state index in [2.05, 4.69) is 20.1 Å². The van der Waals surface area contributed by atoms with Crippen LogP contribution in [0.1, 0.15) is 25.6 Å². The molecule has 9 nitrogen and oxygen atoms in total. The molecular weight excluding hydrogens is 561 g/mol. The Morgan fingerprint density at radius 1 is 1.11 bits per heavy atom. The SMILES string of the molecule is COc1cc(Cl)cc(C(=O)N(O)c2ccc(Cl)cn2)c1NC(=O)c1scc(CN(C)CCN(C)C)c1Cl. The first-order valence-corrected chi connectivity index (χ1v) is 13.0. The summed E-state index contributed by atoms with van der Waals surface area (Å²) in [6.45, 7) is 2.28. The number of carbonyl (C=O) groups excluding carboxylic acids is 2. The van der Waals surface area contributed by atoms with Crippen LogP contribution in [0.2, 0.25) is 15.1 Å². The van der Waals surface area contributed by atoms with E-state index in [1.807, 2.05) is 26.5 Å². The van der Waals surface area contributed by atoms with Crippen LogP contribution in [0.3, 0.4) is 0 Å². The highest BCUT2D eigenvalue weighted by Crippen LogP contribution is 2.36. The summed E-state index contributed by atoms with van der Waals surface area (Å²) < 4.78 is 5.36. The molecule has 0 aliphatic rings. The number of likely N-dealkylation sites (N-methyl/N-ethyl adjacent to an activating group) is 2. The van der Waals surface area contributed by atoms with Gasteiger partial charge in [-0.05, 0) is 50.3 Å². The lowest BCUT2D eigenvalue weighted by Gasteiger charge is -2.19. The van der Waals surface area contributed by atoms with Crippen LogP contribution in [-0.2, 0) is 6.54 Å². The van der Waals surface area contributed by atoms with Crippen molar-refractivity contribution in [3.05, 3.63) is 66.9 Å². The molecule has 198 valence electrons. The van der Waals surface area contributed by atoms with Gasteiger partial charge in [0.25, 0.3) is 11.8 Å². The topological polar surface area (TPSA) is 98.2 Å². The van der Waals surface area contributed by atoms with Gasteiger partial charge in [-0.25, -0.2) is 4.98 Å². The molecule has 0 unspecified atom stereocenters. The molecule has 0 atom stereocenters. The predicted octanol–water partition coefficient (Wildman–Crippen LogP) is 5.39. The number of hydrogen-bond acceptors (Lipinski definition) is 8. The van der Waals surface area contributed by atoms with Crippen molar-refractivity contribution in [2.75, 3.05) is 51.7 Å². The maximum absolute atomic E-state index is 13.2. The van der Waals surface area contributed by atoms with E-state index in [1.54, 1.807) is 0 Å². The highest BCUT2D eigenvalue weighted by atomic mass is 35.5. The quantitative estimate of drug-likeness (QED) is 0.243. The average molecular weight is 587 g/mol. The molecule has 37 heavy (non-hydrogen) atoms. The Morgan fingerprint density at radius 3 is 2.46 bits per heavy atom. The summed E-state index contributed by atoms with van der Waals surface area (Å²) in [5, 5.41) is 16.2. The lowest BCUT2D eigenvalue weighted by molar-refractivity contribution is 0.0852. The average Bonchev–Trinajstić information content (AvgIpc) is 3.22. The zero-order valence-corrected chi connectivity index (χ0v) is 23.7. The van der Waals surface area contributed by atoms with E-state index >= 15 is 0 Å². The number of pyridine rings is 1. The summed E-state index contributed by atoms with van der Waals surface area (Å²) in [6.07, 6.45) is 1.28. The number of hydrogen-bond donors (Lipinski definition) is 2. The van der Waals surface area contributed by atoms with E-state index in [4.69, 9.17) is 39.5 Å². The van der Waals surface area contributed by atoms with Crippen molar-refractivity contribution in [2.24, 2.45) is 0 Å². The largest absolute Gasteiger partial charge is 0.494 e. The van der Waals surface area contributed by atoms with Crippen LogP contribution in [0.5, 0.6) is 5.75 Å². The number of benzene rings is 1. The van der Waals surface area contributed by atoms with Gasteiger partial charge in [0.2, 0.25) is 0 Å². The van der Waals surface area contributed by atoms with Crippen LogP contribution < -0.4 is 15.1 Å². The minimum atomic E-state index is -0.897. The number of methoxy groups -OCH3 is 1. The molecule has 0 saturated carbocycles. The third kappa shape index (κ3) is 7.32. The Hall–Kier alpha value is -2.44. The summed E-state index contributed by atoms with van der Waals surface area (Å²) in [6, 6.07) is 5.58. The third-order valence-electron chi connectivity index (χ3n) is 5.25. The van der Waals surface area contributed by atoms with Crippen LogP contribution in [0.4, 0.5) is 11.5 Å². The molecular formula is C24H26Cl3N5O4S. The first kappa shape index (κ1) is 29.1. The van der Waals surface area contributed by atoms with Gasteiger partial charge in [-0.3, -0.25) is 14.8 Å². The molecule has 2 amide bonds. The molecule has 0 aliphatic carbocycles. The Kier molecular flexibility index (Phi) is 10.1. The summed E-state index contributed by atoms with van der Waals surface area (Å²) in [5.74, 6) is -1.39. The molecule has 2 heterocycles. The molecule has 0 aliphatic heterocycles. The number of nitrogens with zero attached hydrogens (tertiary/aromatic N) is 4. The van der Waals surface area contributed by atoms with Crippen molar-refractivity contribution in [1.29, 1.82) is 0 Å². The van der Waals surface area contributed by atoms with E-state index in [-0.39, 0.29) is 32.7 Å². The van der Waals surface area contributed by atoms with E-state index in [0.29, 0.717) is 21.7 Å². The summed E-state index contributed by atoms with van der Waals surface area (Å²) in [5.41, 5.74) is 0.713. The molecule has 13 heteroatoms. The molecule has 2 aromatic heterocycles. The van der Waals surface area contributed by atoms with Gasteiger partial charge in [0.1, 0.15) is 10.6 Å². The van der Waals surface area contributed by atoms with E-state index in [1.165, 1.54) is 48.9 Å². The number of anilines is 2. The number of ether oxygens (including phenoxy) is 1. The minimum Gasteiger partial charge on any atom is -0.494 e. The van der Waals surface area contributed by atoms with Crippen LogP contribution in [-0.4, -0.2) is 73.1 Å². The highest BCUT2D eigenvalue weighted by molar-refractivity contribution is 7.13. The van der Waals surface area contributed by atoms with Crippen LogP contribution in [0.15, 0.2) is 35.8 Å². The minimum absolute atomic E-state index is 0.0176. The first-order chi connectivity index (χ1) is 17.5. The van der Waals surface area contributed by atoms with Crippen LogP contribution in [0, 0.1) is 0 Å². The van der Waals surface area contributed by atoms with E-state index < -0.39 is 11.8 Å². The molecule has 0 spiro atoms. The zero-order chi connectivity index (χ0) is 27.3. The molecule has 3 rings (SSSR count). The molecule has 0 radical (unpaired) electrons. The second kappa shape index (κ2) is 12.9. The number of aromatic nitrogens is 1. The number of amides is 2. The van der Waals surface area contributed by atoms with Gasteiger partial charge in [-0.1, -0.05) is 34.8 Å². The number of nitrogens with one attached hydrogen (secondary N) is 1. The fraction of sp³-hybridized carbons (Fsp3) is 0.292. The van der Waals surface area contributed by atoms with Gasteiger partial charge in [0.15, 0.2) is 5.82 Å². The van der Waals surface area contributed by atoms with Crippen molar-refractivity contribution in [2.45, 2.75) is 6.54 Å². The van der Waals surface area contributed by atoms with Crippen molar-refractivity contribution < 1.29 is 19.5 Å². The molecule has 2 N–H and O–H groups in total. The maximum atomic E-state index is 13.2. The highest BCUT2D eigenvalue weighted by Gasteiger charge is 2.26. The van der Waals surface area contributed by atoms with Gasteiger partial charge >= 0.3 is 0 Å². The second-order valence-corrected chi connectivity index (χ2v) is 10.5. The van der Waals surface area contributed by atoms with Crippen molar-refractivity contribution in [3.8, 4) is 5.75 Å². The molecule has 1 aromatic carbocycles. The number of carbonyl (C=O) groups is 2. The fourth-order valence-corrected chi connectivity index (χ4v) is 4.87. The number of thiophene rings is 1. The molecule has 0 fully saturated rings. The first-order valence-electron chi connectivity index (χ1n) is 10.9. The van der Waals surface area contributed by atoms with Gasteiger partial charge in [-0.15, -0.1) is 11.3 Å². The summed E-state index contributed by atoms with van der Waals surface area (Å²) in [4.78, 5) is 34.8. The van der Waals surface area contributed by atoms with Crippen molar-refractivity contribution in [1.82, 2.24) is 14.8 Å². The Morgan fingerprint density at radius 2 is 1.84 bits per heavy atom. The van der Waals surface area contributed by atoms with Crippen molar-refractivity contribution in [3.63, 3.8) is 0 Å². The molecule has 3 aromatic rings. The van der Waals surface area contributed by atoms with Crippen LogP contribution in [0.25, 0.3) is 0 Å². The van der Waals surface area contributed by atoms with Gasteiger partial charge in [-0.2, -0.15) is 5.06 Å². The van der Waals surface area contributed by atoms with Gasteiger partial charge in [0.05, 0.1) is 28.4 Å². The van der Waals surface area contributed by atoms with Gasteiger partial charge in [0, 0.05) is 36.9 Å². The predicted molar refractivity (Wildman–Crippen MR) is 148 cm³/mol. The lowest BCUT2D eigenvalue weighted by Crippen LogP contribution is -2.29. The summed E-state index contributed by atoms with van der Waals surface area (Å²) >= 11 is 19.8. The monoisotopic (exact) mass is 585 g/mol. The van der Waals surface area contributed by atoms with Crippen LogP contribution >= 0.6 is 46.1 Å². The Labute approximate surface area is 234 Å². The number of rotatable bonds is 10. The Balaban J connectivity index is 1.88. The summed E-state index contributed by atoms with van der Waals surface area (Å²) in [7, 11) is 7.34. The normalized spacial score (nSPS) is 11.2. The van der Waals surface area contributed by atoms with Gasteiger partial charge < -0.3 is 19.9 Å². The zero-order valence-electron chi connectivity index (χ0n) is 20.6. The maximum Gasteiger partial charge on any atom is 0.285 e. The van der Waals surface area contributed by atoms with E-state index in [9.17, 15) is 14.8 Å². The molecule has 0 saturated heterocycles. The van der Waals surface area contributed by atoms with E-state index in [0.717, 1.165) is 18.7 Å². The fourth-order valence-electron chi connectivity index (χ4n) is 3.30. The number of halogens is 3. The van der Waals surface area contributed by atoms with Crippen molar-refractivity contribution >= 4 is 69.5 Å². The standard InChI is InChI=1S/C24H26Cl3N5O4S/c1-30(2)7-8-31(3)12-14-13-37-22(20(14)27)23(33)29-21-17(9-16(26)10-18(21)36-4)24(34)32(35)19-6-5-15(25)11-28-19/h5-6,9-11,13,35H,7-8,12H2,1-4H3,(H,29,33). The lowest BCUT2D eigenvalue weighted by atomic mass is 10.1. The smallest absolute Gasteiger partial charge is 0.285 e. The number of hydroxylamine groups is 1. The molecule has 0 bridgehead atoms. The third-order valence-corrected chi connectivity index (χ3v) is 7.27. The second-order valence-electron chi connectivity index (χ2n) is 8.38. The Bertz CT molecular complexity index is 1270.